The van der Waals surface area contributed by atoms with E-state index < -0.39 is 0 Å². The summed E-state index contributed by atoms with van der Waals surface area (Å²) in [5.74, 6) is 1.59. The zero-order valence-electron chi connectivity index (χ0n) is 8.71. The van der Waals surface area contributed by atoms with Gasteiger partial charge >= 0.3 is 0 Å². The van der Waals surface area contributed by atoms with Crippen LogP contribution in [0.15, 0.2) is 10.7 Å². The molecule has 0 saturated heterocycles. The zero-order chi connectivity index (χ0) is 10.6. The van der Waals surface area contributed by atoms with E-state index in [0.717, 1.165) is 23.4 Å². The van der Waals surface area contributed by atoms with Crippen LogP contribution >= 0.6 is 15.9 Å². The van der Waals surface area contributed by atoms with Gasteiger partial charge in [-0.1, -0.05) is 0 Å². The van der Waals surface area contributed by atoms with Gasteiger partial charge in [0.2, 0.25) is 5.95 Å². The second-order valence-electron chi connectivity index (χ2n) is 2.79. The van der Waals surface area contributed by atoms with Crippen molar-refractivity contribution in [3.63, 3.8) is 0 Å². The molecule has 0 aromatic carbocycles. The van der Waals surface area contributed by atoms with Crippen LogP contribution in [0.5, 0.6) is 0 Å². The first-order valence-corrected chi connectivity index (χ1v) is 5.47. The number of nitrogens with one attached hydrogen (secondary N) is 1. The Morgan fingerprint density at radius 3 is 2.57 bits per heavy atom. The minimum absolute atomic E-state index is 0.648. The van der Waals surface area contributed by atoms with Crippen LogP contribution in [0, 0.1) is 0 Å². The molecule has 0 aliphatic carbocycles. The van der Waals surface area contributed by atoms with Gasteiger partial charge in [-0.15, -0.1) is 0 Å². The quantitative estimate of drug-likeness (QED) is 0.899. The van der Waals surface area contributed by atoms with Gasteiger partial charge in [0.1, 0.15) is 5.82 Å². The molecule has 1 heterocycles. The summed E-state index contributed by atoms with van der Waals surface area (Å²) in [6.45, 7) is 6.10. The Morgan fingerprint density at radius 2 is 2.07 bits per heavy atom. The van der Waals surface area contributed by atoms with Crippen LogP contribution in [0.2, 0.25) is 0 Å². The lowest BCUT2D eigenvalue weighted by Crippen LogP contribution is -2.23. The molecule has 0 spiro atoms. The van der Waals surface area contributed by atoms with Crippen molar-refractivity contribution >= 4 is 27.7 Å². The summed E-state index contributed by atoms with van der Waals surface area (Å²) in [6, 6.07) is 0. The van der Waals surface area contributed by atoms with E-state index in [1.807, 2.05) is 7.05 Å². The Balaban J connectivity index is 3.04. The maximum Gasteiger partial charge on any atom is 0.224 e. The lowest BCUT2D eigenvalue weighted by Gasteiger charge is -2.21. The summed E-state index contributed by atoms with van der Waals surface area (Å²) in [5.41, 5.74) is 0. The van der Waals surface area contributed by atoms with Crippen molar-refractivity contribution in [2.75, 3.05) is 30.4 Å². The highest BCUT2D eigenvalue weighted by molar-refractivity contribution is 9.10. The van der Waals surface area contributed by atoms with Crippen LogP contribution in [0.25, 0.3) is 0 Å². The summed E-state index contributed by atoms with van der Waals surface area (Å²) in [4.78, 5) is 10.7. The molecule has 1 N–H and O–H groups in total. The molecule has 0 saturated carbocycles. The van der Waals surface area contributed by atoms with Crippen LogP contribution in [0.1, 0.15) is 13.8 Å². The number of halogens is 1. The van der Waals surface area contributed by atoms with Crippen molar-refractivity contribution in [2.45, 2.75) is 13.8 Å². The minimum atomic E-state index is 0.648. The molecule has 0 aliphatic rings. The molecule has 78 valence electrons. The van der Waals surface area contributed by atoms with Crippen molar-refractivity contribution in [3.8, 4) is 0 Å². The van der Waals surface area contributed by atoms with Crippen molar-refractivity contribution in [3.05, 3.63) is 10.7 Å². The van der Waals surface area contributed by atoms with E-state index in [4.69, 9.17) is 0 Å². The van der Waals surface area contributed by atoms with Gasteiger partial charge in [0.15, 0.2) is 0 Å². The van der Waals surface area contributed by atoms with Gasteiger partial charge in [0, 0.05) is 26.3 Å². The summed E-state index contributed by atoms with van der Waals surface area (Å²) in [7, 11) is 1.81. The third-order valence-corrected chi connectivity index (χ3v) is 2.57. The second kappa shape index (κ2) is 5.14. The fraction of sp³-hybridized carbons (Fsp3) is 0.556. The average Bonchev–Trinajstić information content (AvgIpc) is 2.22. The van der Waals surface area contributed by atoms with Gasteiger partial charge in [-0.3, -0.25) is 0 Å². The van der Waals surface area contributed by atoms with Crippen LogP contribution < -0.4 is 10.2 Å². The molecule has 0 atom stereocenters. The highest BCUT2D eigenvalue weighted by Gasteiger charge is 2.09. The molecular weight excluding hydrogens is 244 g/mol. The molecule has 1 aromatic heterocycles. The highest BCUT2D eigenvalue weighted by Crippen LogP contribution is 2.23. The van der Waals surface area contributed by atoms with Gasteiger partial charge in [-0.25, -0.2) is 4.98 Å². The minimum Gasteiger partial charge on any atom is -0.357 e. The van der Waals surface area contributed by atoms with Gasteiger partial charge in [0.25, 0.3) is 0 Å². The smallest absolute Gasteiger partial charge is 0.224 e. The Kier molecular flexibility index (Phi) is 4.13. The number of hydrogen-bond donors (Lipinski definition) is 1. The molecule has 0 aliphatic heterocycles. The third kappa shape index (κ3) is 2.35. The van der Waals surface area contributed by atoms with Gasteiger partial charge in [0.05, 0.1) is 4.47 Å². The summed E-state index contributed by atoms with van der Waals surface area (Å²) in [5, 5.41) is 2.93. The van der Waals surface area contributed by atoms with E-state index in [9.17, 15) is 0 Å². The normalized spacial score (nSPS) is 10.0. The van der Waals surface area contributed by atoms with E-state index in [1.165, 1.54) is 0 Å². The van der Waals surface area contributed by atoms with Crippen molar-refractivity contribution in [1.29, 1.82) is 0 Å². The average molecular weight is 259 g/mol. The maximum atomic E-state index is 4.39. The van der Waals surface area contributed by atoms with Crippen LogP contribution in [-0.4, -0.2) is 30.1 Å². The first-order valence-electron chi connectivity index (χ1n) is 4.68. The predicted octanol–water partition coefficient (Wildman–Crippen LogP) is 2.13. The number of anilines is 2. The molecule has 0 unspecified atom stereocenters. The molecule has 0 amide bonds. The Hall–Kier alpha value is -0.840. The van der Waals surface area contributed by atoms with Gasteiger partial charge in [-0.2, -0.15) is 4.98 Å². The summed E-state index contributed by atoms with van der Waals surface area (Å²) >= 11 is 3.45. The lowest BCUT2D eigenvalue weighted by molar-refractivity contribution is 0.838. The largest absolute Gasteiger partial charge is 0.357 e. The van der Waals surface area contributed by atoms with E-state index in [2.05, 4.69) is 50.0 Å². The molecule has 0 bridgehead atoms. The second-order valence-corrected chi connectivity index (χ2v) is 3.64. The number of nitrogens with zero attached hydrogens (tertiary/aromatic N) is 3. The first kappa shape index (κ1) is 11.2. The van der Waals surface area contributed by atoms with Crippen LogP contribution in [0.3, 0.4) is 0 Å². The molecule has 0 radical (unpaired) electrons. The Labute approximate surface area is 92.9 Å². The molecule has 4 nitrogen and oxygen atoms in total. The number of aromatic nitrogens is 2. The number of hydrogen-bond acceptors (Lipinski definition) is 4. The van der Waals surface area contributed by atoms with Crippen molar-refractivity contribution < 1.29 is 0 Å². The van der Waals surface area contributed by atoms with Crippen LogP contribution in [0.4, 0.5) is 11.8 Å². The molecule has 0 fully saturated rings. The maximum absolute atomic E-state index is 4.39. The standard InChI is InChI=1S/C9H15BrN4/c1-4-14(5-2)8-7(10)6-12-9(11-3)13-8/h6H,4-5H2,1-3H3,(H,11,12,13). The SMILES string of the molecule is CCN(CC)c1nc(NC)ncc1Br. The molecule has 1 aromatic rings. The first-order chi connectivity index (χ1) is 6.72. The van der Waals surface area contributed by atoms with Gasteiger partial charge in [-0.05, 0) is 29.8 Å². The summed E-state index contributed by atoms with van der Waals surface area (Å²) in [6.07, 6.45) is 1.77. The predicted molar refractivity (Wildman–Crippen MR) is 62.8 cm³/mol. The van der Waals surface area contributed by atoms with E-state index in [1.54, 1.807) is 6.20 Å². The molecule has 14 heavy (non-hydrogen) atoms. The van der Waals surface area contributed by atoms with Crippen LogP contribution in [-0.2, 0) is 0 Å². The highest BCUT2D eigenvalue weighted by atomic mass is 79.9. The van der Waals surface area contributed by atoms with Gasteiger partial charge < -0.3 is 10.2 Å². The zero-order valence-corrected chi connectivity index (χ0v) is 10.3. The lowest BCUT2D eigenvalue weighted by atomic mass is 10.4. The number of rotatable bonds is 4. The Bertz CT molecular complexity index is 299. The van der Waals surface area contributed by atoms with E-state index in [0.29, 0.717) is 5.95 Å². The fourth-order valence-electron chi connectivity index (χ4n) is 1.22. The summed E-state index contributed by atoms with van der Waals surface area (Å²) < 4.78 is 0.931. The van der Waals surface area contributed by atoms with E-state index >= 15 is 0 Å². The van der Waals surface area contributed by atoms with E-state index in [-0.39, 0.29) is 0 Å². The monoisotopic (exact) mass is 258 g/mol. The fourth-order valence-corrected chi connectivity index (χ4v) is 1.67. The van der Waals surface area contributed by atoms with Crippen molar-refractivity contribution in [2.24, 2.45) is 0 Å². The molecule has 5 heteroatoms. The van der Waals surface area contributed by atoms with Crippen molar-refractivity contribution in [1.82, 2.24) is 9.97 Å². The molecule has 1 rings (SSSR count). The Morgan fingerprint density at radius 1 is 1.43 bits per heavy atom. The molecular formula is C9H15BrN4. The third-order valence-electron chi connectivity index (χ3n) is 2.01. The topological polar surface area (TPSA) is 41.1 Å².